The van der Waals surface area contributed by atoms with Gasteiger partial charge in [-0.2, -0.15) is 0 Å². The Morgan fingerprint density at radius 2 is 2.33 bits per heavy atom. The number of thiazole rings is 1. The summed E-state index contributed by atoms with van der Waals surface area (Å²) in [6, 6.07) is 4.17. The fourth-order valence-corrected chi connectivity index (χ4v) is 3.95. The highest BCUT2D eigenvalue weighted by atomic mass is 127. The minimum Gasteiger partial charge on any atom is -0.240 e. The monoisotopic (exact) mass is 307 g/mol. The molecular weight excluding hydrogens is 301 g/mol. The molecule has 0 aliphatic carbocycles. The van der Waals surface area contributed by atoms with Crippen LogP contribution in [0, 0.1) is 9.81 Å². The van der Waals surface area contributed by atoms with E-state index in [2.05, 4.69) is 45.1 Å². The molecule has 2 aromatic rings. The summed E-state index contributed by atoms with van der Waals surface area (Å²) in [6.45, 7) is 2.05. The molecule has 0 fully saturated rings. The van der Waals surface area contributed by atoms with E-state index in [0.717, 1.165) is 10.7 Å². The average Bonchev–Trinajstić information content (AvgIpc) is 2.58. The Morgan fingerprint density at radius 1 is 1.50 bits per heavy atom. The largest absolute Gasteiger partial charge is 0.240 e. The second-order valence-corrected chi connectivity index (χ2v) is 6.29. The summed E-state index contributed by atoms with van der Waals surface area (Å²) >= 11 is 5.84. The summed E-state index contributed by atoms with van der Waals surface area (Å²) in [5.74, 6) is 0. The molecule has 0 aliphatic rings. The fraction of sp³-hybridized carbons (Fsp3) is 0.125. The zero-order valence-corrected chi connectivity index (χ0v) is 10.2. The molecule has 0 bridgehead atoms. The number of nitrogens with zero attached hydrogens (tertiary/aromatic N) is 1. The van der Waals surface area contributed by atoms with E-state index in [0.29, 0.717) is 0 Å². The van der Waals surface area contributed by atoms with E-state index in [1.165, 1.54) is 7.76 Å². The number of hydrogen-bond acceptors (Lipinski definition) is 3. The Bertz CT molecular complexity index is 378. The number of halogens is 1. The van der Waals surface area contributed by atoms with Crippen molar-refractivity contribution in [2.45, 2.75) is 6.92 Å². The normalized spacial score (nSPS) is 10.5. The Balaban J connectivity index is 2.54. The van der Waals surface area contributed by atoms with Gasteiger partial charge in [-0.15, -0.1) is 22.7 Å². The molecule has 0 aliphatic heterocycles. The van der Waals surface area contributed by atoms with Gasteiger partial charge in [0.2, 0.25) is 0 Å². The van der Waals surface area contributed by atoms with E-state index in [4.69, 9.17) is 0 Å². The molecule has 0 saturated carbocycles. The Morgan fingerprint density at radius 3 is 2.83 bits per heavy atom. The third-order valence-electron chi connectivity index (χ3n) is 1.45. The van der Waals surface area contributed by atoms with E-state index >= 15 is 0 Å². The van der Waals surface area contributed by atoms with Crippen LogP contribution in [0.1, 0.15) is 5.01 Å². The molecule has 0 spiro atoms. The molecule has 2 rings (SSSR count). The summed E-state index contributed by atoms with van der Waals surface area (Å²) in [4.78, 5) is 5.74. The van der Waals surface area contributed by atoms with Crippen LogP contribution in [0.2, 0.25) is 0 Å². The van der Waals surface area contributed by atoms with E-state index in [1.54, 1.807) is 22.7 Å². The summed E-state index contributed by atoms with van der Waals surface area (Å²) in [5.41, 5.74) is 1.15. The first kappa shape index (κ1) is 8.65. The van der Waals surface area contributed by atoms with Crippen molar-refractivity contribution in [2.24, 2.45) is 0 Å². The van der Waals surface area contributed by atoms with Crippen LogP contribution >= 0.6 is 45.3 Å². The smallest absolute Gasteiger partial charge is 0.105 e. The van der Waals surface area contributed by atoms with Crippen LogP contribution in [0.3, 0.4) is 0 Å². The lowest BCUT2D eigenvalue weighted by Gasteiger charge is -1.88. The minimum atomic E-state index is 1.14. The van der Waals surface area contributed by atoms with Gasteiger partial charge in [-0.3, -0.25) is 0 Å². The topological polar surface area (TPSA) is 12.9 Å². The van der Waals surface area contributed by atoms with Crippen LogP contribution in [0.4, 0.5) is 0 Å². The van der Waals surface area contributed by atoms with Gasteiger partial charge in [-0.05, 0) is 41.0 Å². The first-order valence-electron chi connectivity index (χ1n) is 3.44. The van der Waals surface area contributed by atoms with Crippen molar-refractivity contribution in [1.29, 1.82) is 0 Å². The molecule has 62 valence electrons. The highest BCUT2D eigenvalue weighted by Gasteiger charge is 2.08. The van der Waals surface area contributed by atoms with Gasteiger partial charge >= 0.3 is 0 Å². The van der Waals surface area contributed by atoms with Gasteiger partial charge in [0.05, 0.1) is 12.8 Å². The molecule has 0 amide bonds. The number of aryl methyl sites for hydroxylation is 1. The summed E-state index contributed by atoms with van der Waals surface area (Å²) in [6.07, 6.45) is 0. The molecule has 1 nitrogen and oxygen atoms in total. The Hall–Kier alpha value is 0.0600. The molecule has 0 aromatic carbocycles. The number of rotatable bonds is 1. The van der Waals surface area contributed by atoms with Crippen molar-refractivity contribution in [3.05, 3.63) is 25.4 Å². The van der Waals surface area contributed by atoms with Gasteiger partial charge < -0.3 is 0 Å². The van der Waals surface area contributed by atoms with Gasteiger partial charge in [0.25, 0.3) is 0 Å². The van der Waals surface area contributed by atoms with Gasteiger partial charge in [0, 0.05) is 0 Å². The zero-order valence-electron chi connectivity index (χ0n) is 6.37. The molecule has 4 heteroatoms. The second kappa shape index (κ2) is 3.43. The standard InChI is InChI=1S/C8H6INS2/c1-5-10-7(8(9)12-5)6-3-2-4-11-6/h2-4H,1H3. The average molecular weight is 307 g/mol. The Kier molecular flexibility index (Phi) is 2.47. The first-order valence-corrected chi connectivity index (χ1v) is 6.21. The molecule has 0 unspecified atom stereocenters. The lowest BCUT2D eigenvalue weighted by molar-refractivity contribution is 1.30. The maximum absolute atomic E-state index is 4.47. The van der Waals surface area contributed by atoms with Crippen LogP contribution in [0.15, 0.2) is 17.5 Å². The maximum atomic E-state index is 4.47. The number of thiophene rings is 1. The summed E-state index contributed by atoms with van der Waals surface area (Å²) < 4.78 is 1.28. The molecule has 12 heavy (non-hydrogen) atoms. The molecule has 0 saturated heterocycles. The van der Waals surface area contributed by atoms with Crippen molar-refractivity contribution >= 4 is 45.3 Å². The van der Waals surface area contributed by atoms with Crippen LogP contribution in [-0.2, 0) is 0 Å². The van der Waals surface area contributed by atoms with Crippen LogP contribution in [0.5, 0.6) is 0 Å². The van der Waals surface area contributed by atoms with Crippen molar-refractivity contribution < 1.29 is 0 Å². The van der Waals surface area contributed by atoms with E-state index in [9.17, 15) is 0 Å². The molecule has 0 N–H and O–H groups in total. The quantitative estimate of drug-likeness (QED) is 0.731. The lowest BCUT2D eigenvalue weighted by atomic mass is 10.4. The fourth-order valence-electron chi connectivity index (χ4n) is 0.967. The molecule has 2 heterocycles. The molecular formula is C8H6INS2. The van der Waals surface area contributed by atoms with Crippen molar-refractivity contribution in [3.8, 4) is 10.6 Å². The number of aromatic nitrogens is 1. The third-order valence-corrected chi connectivity index (χ3v) is 4.25. The van der Waals surface area contributed by atoms with E-state index in [-0.39, 0.29) is 0 Å². The van der Waals surface area contributed by atoms with Crippen molar-refractivity contribution in [1.82, 2.24) is 4.98 Å². The van der Waals surface area contributed by atoms with Crippen molar-refractivity contribution in [3.63, 3.8) is 0 Å². The second-order valence-electron chi connectivity index (χ2n) is 2.33. The van der Waals surface area contributed by atoms with Crippen LogP contribution < -0.4 is 0 Å². The van der Waals surface area contributed by atoms with Crippen LogP contribution in [-0.4, -0.2) is 4.98 Å². The maximum Gasteiger partial charge on any atom is 0.105 e. The molecule has 0 atom stereocenters. The SMILES string of the molecule is Cc1nc(-c2cccs2)c(I)s1. The molecule has 2 aromatic heterocycles. The zero-order chi connectivity index (χ0) is 8.55. The van der Waals surface area contributed by atoms with Gasteiger partial charge in [-0.25, -0.2) is 4.98 Å². The predicted molar refractivity (Wildman–Crippen MR) is 62.9 cm³/mol. The van der Waals surface area contributed by atoms with Crippen LogP contribution in [0.25, 0.3) is 10.6 Å². The van der Waals surface area contributed by atoms with Gasteiger partial charge in [0.15, 0.2) is 0 Å². The predicted octanol–water partition coefficient (Wildman–Crippen LogP) is 3.78. The van der Waals surface area contributed by atoms with E-state index < -0.39 is 0 Å². The minimum absolute atomic E-state index is 1.14. The molecule has 0 radical (unpaired) electrons. The highest BCUT2D eigenvalue weighted by molar-refractivity contribution is 14.1. The third kappa shape index (κ3) is 1.55. The lowest BCUT2D eigenvalue weighted by Crippen LogP contribution is -1.73. The highest BCUT2D eigenvalue weighted by Crippen LogP contribution is 2.31. The summed E-state index contributed by atoms with van der Waals surface area (Å²) in [5, 5.41) is 3.22. The van der Waals surface area contributed by atoms with E-state index in [1.807, 2.05) is 6.92 Å². The first-order chi connectivity index (χ1) is 5.77. The van der Waals surface area contributed by atoms with Crippen molar-refractivity contribution in [2.75, 3.05) is 0 Å². The summed E-state index contributed by atoms with van der Waals surface area (Å²) in [7, 11) is 0. The Labute approximate surface area is 92.6 Å². The van der Waals surface area contributed by atoms with Gasteiger partial charge in [-0.1, -0.05) is 6.07 Å². The van der Waals surface area contributed by atoms with Gasteiger partial charge in [0.1, 0.15) is 5.69 Å². The number of hydrogen-bond donors (Lipinski definition) is 0.